The normalized spacial score (nSPS) is 21.0. The van der Waals surface area contributed by atoms with Crippen molar-refractivity contribution in [3.63, 3.8) is 0 Å². The van der Waals surface area contributed by atoms with Crippen LogP contribution in [0.15, 0.2) is 52.9 Å². The lowest BCUT2D eigenvalue weighted by Gasteiger charge is -2.28. The van der Waals surface area contributed by atoms with E-state index in [0.717, 1.165) is 24.8 Å². The average molecular weight is 434 g/mol. The number of para-hydroxylation sites is 1. The van der Waals surface area contributed by atoms with Gasteiger partial charge in [0.1, 0.15) is 11.9 Å². The second-order valence-corrected chi connectivity index (χ2v) is 7.59. The average Bonchev–Trinajstić information content (AvgIpc) is 3.27. The summed E-state index contributed by atoms with van der Waals surface area (Å²) in [6.45, 7) is 2.04. The molecule has 6 nitrogen and oxygen atoms in total. The van der Waals surface area contributed by atoms with E-state index in [2.05, 4.69) is 19.9 Å². The Bertz CT molecular complexity index is 1070. The molecule has 2 atom stereocenters. The van der Waals surface area contributed by atoms with Crippen LogP contribution < -0.4 is 10.2 Å². The maximum absolute atomic E-state index is 14.9. The number of ether oxygens (including phenoxy) is 1. The molecule has 5 rings (SSSR count). The molecule has 3 heterocycles. The first-order chi connectivity index (χ1) is 14.9. The minimum Gasteiger partial charge on any atom is -0.413 e. The van der Waals surface area contributed by atoms with E-state index in [1.165, 1.54) is 12.1 Å². The van der Waals surface area contributed by atoms with Gasteiger partial charge in [-0.15, -0.1) is 10.2 Å². The Labute approximate surface area is 174 Å². The monoisotopic (exact) mass is 434 g/mol. The Hall–Kier alpha value is -2.98. The van der Waals surface area contributed by atoms with E-state index in [1.54, 1.807) is 0 Å². The molecule has 0 amide bonds. The number of aromatic nitrogens is 2. The summed E-state index contributed by atoms with van der Waals surface area (Å²) in [7, 11) is 0. The Morgan fingerprint density at radius 3 is 2.45 bits per heavy atom. The summed E-state index contributed by atoms with van der Waals surface area (Å²) in [6.07, 6.45) is -4.82. The van der Waals surface area contributed by atoms with Gasteiger partial charge < -0.3 is 19.4 Å². The number of anilines is 1. The number of hydrogen-bond donors (Lipinski definition) is 1. The van der Waals surface area contributed by atoms with Crippen LogP contribution in [0.5, 0.6) is 0 Å². The summed E-state index contributed by atoms with van der Waals surface area (Å²) in [4.78, 5) is 2.00. The summed E-state index contributed by atoms with van der Waals surface area (Å²) < 4.78 is 63.4. The van der Waals surface area contributed by atoms with Crippen LogP contribution >= 0.6 is 0 Å². The number of nitrogens with zero attached hydrogens (tertiary/aromatic N) is 3. The van der Waals surface area contributed by atoms with E-state index in [-0.39, 0.29) is 30.3 Å². The van der Waals surface area contributed by atoms with Gasteiger partial charge in [0.25, 0.3) is 0 Å². The summed E-state index contributed by atoms with van der Waals surface area (Å²) in [6, 6.07) is 13.7. The molecule has 3 aromatic rings. The van der Waals surface area contributed by atoms with Crippen LogP contribution in [0.3, 0.4) is 0 Å². The van der Waals surface area contributed by atoms with Gasteiger partial charge in [0.2, 0.25) is 5.89 Å². The van der Waals surface area contributed by atoms with Gasteiger partial charge in [-0.1, -0.05) is 24.3 Å². The predicted octanol–water partition coefficient (Wildman–Crippen LogP) is 3.85. The fraction of sp³-hybridized carbons (Fsp3) is 0.333. The number of nitrogens with one attached hydrogen (secondary N) is 1. The second kappa shape index (κ2) is 7.61. The van der Waals surface area contributed by atoms with E-state index >= 15 is 0 Å². The fourth-order valence-electron chi connectivity index (χ4n) is 3.65. The maximum Gasteiger partial charge on any atom is 0.470 e. The van der Waals surface area contributed by atoms with Crippen molar-refractivity contribution in [3.8, 4) is 11.5 Å². The smallest absolute Gasteiger partial charge is 0.413 e. The van der Waals surface area contributed by atoms with Gasteiger partial charge in [0, 0.05) is 42.4 Å². The van der Waals surface area contributed by atoms with Gasteiger partial charge in [-0.3, -0.25) is 0 Å². The zero-order valence-electron chi connectivity index (χ0n) is 16.1. The molecule has 10 heteroatoms. The lowest BCUT2D eigenvalue weighted by molar-refractivity contribution is -0.156. The Morgan fingerprint density at radius 2 is 1.84 bits per heavy atom. The first kappa shape index (κ1) is 20.0. The van der Waals surface area contributed by atoms with Crippen molar-refractivity contribution in [2.45, 2.75) is 25.1 Å². The van der Waals surface area contributed by atoms with E-state index in [0.29, 0.717) is 11.5 Å². The van der Waals surface area contributed by atoms with Crippen LogP contribution in [-0.4, -0.2) is 35.6 Å². The Balaban J connectivity index is 1.38. The highest BCUT2D eigenvalue weighted by atomic mass is 19.4. The Morgan fingerprint density at radius 1 is 1.06 bits per heavy atom. The zero-order chi connectivity index (χ0) is 21.6. The quantitative estimate of drug-likeness (QED) is 0.470. The second-order valence-electron chi connectivity index (χ2n) is 7.59. The number of alkyl halides is 3. The molecule has 2 aromatic carbocycles. The van der Waals surface area contributed by atoms with Crippen molar-refractivity contribution >= 4 is 5.69 Å². The van der Waals surface area contributed by atoms with Crippen molar-refractivity contribution in [3.05, 3.63) is 65.8 Å². The molecule has 2 saturated heterocycles. The third kappa shape index (κ3) is 4.00. The van der Waals surface area contributed by atoms with Gasteiger partial charge in [-0.25, -0.2) is 4.39 Å². The van der Waals surface area contributed by atoms with Gasteiger partial charge in [-0.05, 0) is 24.3 Å². The molecule has 2 unspecified atom stereocenters. The Kier molecular flexibility index (Phi) is 4.90. The predicted molar refractivity (Wildman–Crippen MR) is 102 cm³/mol. The van der Waals surface area contributed by atoms with Crippen molar-refractivity contribution in [1.82, 2.24) is 15.5 Å². The van der Waals surface area contributed by atoms with Crippen molar-refractivity contribution < 1.29 is 26.7 Å². The molecule has 2 aliphatic rings. The zero-order valence-corrected chi connectivity index (χ0v) is 16.1. The maximum atomic E-state index is 14.9. The number of benzene rings is 2. The van der Waals surface area contributed by atoms with Gasteiger partial charge >= 0.3 is 12.1 Å². The van der Waals surface area contributed by atoms with Crippen LogP contribution in [0.2, 0.25) is 0 Å². The van der Waals surface area contributed by atoms with Crippen molar-refractivity contribution in [1.29, 1.82) is 0 Å². The lowest BCUT2D eigenvalue weighted by Crippen LogP contribution is -2.46. The van der Waals surface area contributed by atoms with Gasteiger partial charge in [0.05, 0.1) is 0 Å². The minimum absolute atomic E-state index is 0.0802. The van der Waals surface area contributed by atoms with E-state index in [4.69, 9.17) is 4.74 Å². The molecular formula is C21H18F4N4O2. The lowest BCUT2D eigenvalue weighted by atomic mass is 9.98. The molecule has 2 fully saturated rings. The summed E-state index contributed by atoms with van der Waals surface area (Å²) in [5.41, 5.74) is 1.36. The largest absolute Gasteiger partial charge is 0.470 e. The minimum atomic E-state index is -4.75. The highest BCUT2D eigenvalue weighted by Crippen LogP contribution is 2.38. The van der Waals surface area contributed by atoms with Crippen LogP contribution in [0.4, 0.5) is 23.2 Å². The van der Waals surface area contributed by atoms with Crippen LogP contribution in [0.1, 0.15) is 11.5 Å². The molecule has 1 aromatic heterocycles. The summed E-state index contributed by atoms with van der Waals surface area (Å²) in [5, 5.41) is 9.58. The van der Waals surface area contributed by atoms with E-state index in [1.807, 2.05) is 35.2 Å². The first-order valence-electron chi connectivity index (χ1n) is 9.77. The highest BCUT2D eigenvalue weighted by molar-refractivity contribution is 5.55. The van der Waals surface area contributed by atoms with E-state index < -0.39 is 17.9 Å². The molecule has 0 saturated carbocycles. The topological polar surface area (TPSA) is 66.7 Å². The molecule has 2 aliphatic heterocycles. The summed E-state index contributed by atoms with van der Waals surface area (Å²) >= 11 is 0. The third-order valence-corrected chi connectivity index (χ3v) is 5.48. The van der Waals surface area contributed by atoms with Gasteiger partial charge in [-0.2, -0.15) is 13.2 Å². The van der Waals surface area contributed by atoms with Crippen LogP contribution in [-0.2, 0) is 17.5 Å². The molecule has 0 aliphatic carbocycles. The summed E-state index contributed by atoms with van der Waals surface area (Å²) in [5.74, 6) is -2.00. The molecule has 0 spiro atoms. The van der Waals surface area contributed by atoms with Gasteiger partial charge in [0.15, 0.2) is 6.23 Å². The number of epoxide rings is 1. The third-order valence-electron chi connectivity index (χ3n) is 5.48. The molecular weight excluding hydrogens is 416 g/mol. The molecule has 162 valence electrons. The number of hydrogen-bond acceptors (Lipinski definition) is 6. The highest BCUT2D eigenvalue weighted by Gasteiger charge is 2.50. The molecule has 0 radical (unpaired) electrons. The molecule has 31 heavy (non-hydrogen) atoms. The standard InChI is InChI=1S/C21H18F4N4O2/c22-16-8-12(18-27-28-20(31-18)21(23,24)25)6-7-13(16)11-29(15-4-2-1-3-5-15)19-17(30-19)14-9-26-10-14/h1-8,14,17,19,26H,9-11H2. The van der Waals surface area contributed by atoms with Crippen LogP contribution in [0, 0.1) is 11.7 Å². The van der Waals surface area contributed by atoms with Crippen molar-refractivity contribution in [2.75, 3.05) is 18.0 Å². The van der Waals surface area contributed by atoms with Crippen molar-refractivity contribution in [2.24, 2.45) is 5.92 Å². The SMILES string of the molecule is Fc1cc(-c2nnc(C(F)(F)F)o2)ccc1CN(c1ccccc1)C1OC1C1CNC1. The van der Waals surface area contributed by atoms with E-state index in [9.17, 15) is 17.6 Å². The number of rotatable bonds is 6. The molecule has 0 bridgehead atoms. The fourth-order valence-corrected chi connectivity index (χ4v) is 3.65. The van der Waals surface area contributed by atoms with Crippen LogP contribution in [0.25, 0.3) is 11.5 Å². The molecule has 1 N–H and O–H groups in total. The number of halogens is 4. The first-order valence-corrected chi connectivity index (χ1v) is 9.77.